The zero-order valence-corrected chi connectivity index (χ0v) is 15.5. The van der Waals surface area contributed by atoms with Crippen molar-refractivity contribution in [2.75, 3.05) is 13.1 Å². The number of piperidine rings is 1. The van der Waals surface area contributed by atoms with Crippen molar-refractivity contribution in [3.63, 3.8) is 0 Å². The third-order valence-electron chi connectivity index (χ3n) is 5.12. The highest BCUT2D eigenvalue weighted by Gasteiger charge is 2.29. The third kappa shape index (κ3) is 3.63. The molecule has 0 bridgehead atoms. The van der Waals surface area contributed by atoms with Gasteiger partial charge in [0.15, 0.2) is 0 Å². The molecule has 1 aliphatic heterocycles. The number of rotatable bonds is 5. The molecule has 0 spiro atoms. The predicted octanol–water partition coefficient (Wildman–Crippen LogP) is 2.56. The summed E-state index contributed by atoms with van der Waals surface area (Å²) < 4.78 is 3.91. The van der Waals surface area contributed by atoms with E-state index in [1.807, 2.05) is 48.6 Å². The van der Waals surface area contributed by atoms with E-state index in [1.54, 1.807) is 16.9 Å². The van der Waals surface area contributed by atoms with Crippen LogP contribution in [0.2, 0.25) is 0 Å². The van der Waals surface area contributed by atoms with Gasteiger partial charge < -0.3 is 9.47 Å². The molecule has 3 aromatic rings. The Labute approximate surface area is 158 Å². The van der Waals surface area contributed by atoms with Crippen molar-refractivity contribution >= 4 is 5.91 Å². The van der Waals surface area contributed by atoms with Crippen molar-refractivity contribution in [2.24, 2.45) is 0 Å². The maximum atomic E-state index is 13.0. The Kier molecular flexibility index (Phi) is 5.00. The van der Waals surface area contributed by atoms with Gasteiger partial charge in [0.25, 0.3) is 5.91 Å². The lowest BCUT2D eigenvalue weighted by molar-refractivity contribution is 0.0691. The molecule has 1 atom stereocenters. The SMILES string of the molecule is CCn1nccc1C(=O)N1CCCC(c2nccn2Cc2ccccn2)C1. The molecule has 1 aliphatic rings. The van der Waals surface area contributed by atoms with Crippen LogP contribution >= 0.6 is 0 Å². The smallest absolute Gasteiger partial charge is 0.272 e. The molecule has 0 aromatic carbocycles. The van der Waals surface area contributed by atoms with E-state index in [2.05, 4.69) is 19.6 Å². The first-order valence-electron chi connectivity index (χ1n) is 9.48. The van der Waals surface area contributed by atoms with Gasteiger partial charge in [0.05, 0.1) is 12.2 Å². The third-order valence-corrected chi connectivity index (χ3v) is 5.12. The Morgan fingerprint density at radius 1 is 1.19 bits per heavy atom. The minimum absolute atomic E-state index is 0.0573. The highest BCUT2D eigenvalue weighted by atomic mass is 16.2. The van der Waals surface area contributed by atoms with Crippen molar-refractivity contribution < 1.29 is 4.79 Å². The normalized spacial score (nSPS) is 17.2. The molecule has 27 heavy (non-hydrogen) atoms. The van der Waals surface area contributed by atoms with Crippen molar-refractivity contribution in [3.05, 3.63) is 66.3 Å². The first kappa shape index (κ1) is 17.5. The lowest BCUT2D eigenvalue weighted by Gasteiger charge is -2.32. The summed E-state index contributed by atoms with van der Waals surface area (Å²) in [5.41, 5.74) is 1.67. The molecule has 1 amide bonds. The second-order valence-corrected chi connectivity index (χ2v) is 6.86. The number of aryl methyl sites for hydroxylation is 1. The maximum absolute atomic E-state index is 13.0. The fourth-order valence-electron chi connectivity index (χ4n) is 3.78. The topological polar surface area (TPSA) is 68.8 Å². The molecule has 0 N–H and O–H groups in total. The van der Waals surface area contributed by atoms with E-state index in [9.17, 15) is 4.79 Å². The second kappa shape index (κ2) is 7.73. The van der Waals surface area contributed by atoms with E-state index in [-0.39, 0.29) is 11.8 Å². The Morgan fingerprint density at radius 2 is 2.11 bits per heavy atom. The molecule has 140 valence electrons. The molecule has 1 saturated heterocycles. The fourth-order valence-corrected chi connectivity index (χ4v) is 3.78. The van der Waals surface area contributed by atoms with Gasteiger partial charge in [-0.05, 0) is 38.0 Å². The first-order valence-corrected chi connectivity index (χ1v) is 9.48. The lowest BCUT2D eigenvalue weighted by atomic mass is 9.96. The summed E-state index contributed by atoms with van der Waals surface area (Å²) >= 11 is 0. The number of carbonyl (C=O) groups is 1. The van der Waals surface area contributed by atoms with Crippen LogP contribution in [0, 0.1) is 0 Å². The molecular weight excluding hydrogens is 340 g/mol. The van der Waals surface area contributed by atoms with Crippen LogP contribution in [0.5, 0.6) is 0 Å². The fraction of sp³-hybridized carbons (Fsp3) is 0.400. The van der Waals surface area contributed by atoms with Gasteiger partial charge in [-0.1, -0.05) is 6.07 Å². The molecule has 4 heterocycles. The van der Waals surface area contributed by atoms with E-state index in [0.717, 1.165) is 30.9 Å². The van der Waals surface area contributed by atoms with Gasteiger partial charge in [0.2, 0.25) is 0 Å². The zero-order valence-electron chi connectivity index (χ0n) is 15.5. The quantitative estimate of drug-likeness (QED) is 0.698. The average Bonchev–Trinajstić information content (AvgIpc) is 3.37. The van der Waals surface area contributed by atoms with E-state index in [4.69, 9.17) is 0 Å². The van der Waals surface area contributed by atoms with Gasteiger partial charge in [-0.15, -0.1) is 0 Å². The summed E-state index contributed by atoms with van der Waals surface area (Å²) in [6, 6.07) is 7.74. The van der Waals surface area contributed by atoms with Crippen LogP contribution in [-0.2, 0) is 13.1 Å². The number of hydrogen-bond donors (Lipinski definition) is 0. The monoisotopic (exact) mass is 364 g/mol. The molecule has 0 radical (unpaired) electrons. The number of imidazole rings is 1. The van der Waals surface area contributed by atoms with Gasteiger partial charge in [-0.2, -0.15) is 5.10 Å². The Morgan fingerprint density at radius 3 is 2.93 bits per heavy atom. The van der Waals surface area contributed by atoms with E-state index in [1.165, 1.54) is 0 Å². The lowest BCUT2D eigenvalue weighted by Crippen LogP contribution is -2.40. The Balaban J connectivity index is 1.51. The molecular formula is C20H24N6O. The zero-order chi connectivity index (χ0) is 18.6. The molecule has 0 aliphatic carbocycles. The number of pyridine rings is 1. The maximum Gasteiger partial charge on any atom is 0.272 e. The highest BCUT2D eigenvalue weighted by molar-refractivity contribution is 5.92. The number of amides is 1. The number of aromatic nitrogens is 5. The summed E-state index contributed by atoms with van der Waals surface area (Å²) in [5, 5.41) is 4.23. The van der Waals surface area contributed by atoms with Crippen molar-refractivity contribution in [3.8, 4) is 0 Å². The average molecular weight is 364 g/mol. The first-order chi connectivity index (χ1) is 13.3. The van der Waals surface area contributed by atoms with Gasteiger partial charge in [0, 0.05) is 50.3 Å². The van der Waals surface area contributed by atoms with Crippen molar-refractivity contribution in [1.82, 2.24) is 29.2 Å². The van der Waals surface area contributed by atoms with E-state index in [0.29, 0.717) is 25.3 Å². The van der Waals surface area contributed by atoms with Gasteiger partial charge >= 0.3 is 0 Å². The van der Waals surface area contributed by atoms with Crippen LogP contribution in [-0.4, -0.2) is 48.2 Å². The summed E-state index contributed by atoms with van der Waals surface area (Å²) in [7, 11) is 0. The second-order valence-electron chi connectivity index (χ2n) is 6.86. The van der Waals surface area contributed by atoms with Crippen LogP contribution in [0.4, 0.5) is 0 Å². The molecule has 7 nitrogen and oxygen atoms in total. The summed E-state index contributed by atoms with van der Waals surface area (Å²) in [6.07, 6.45) is 9.35. The highest BCUT2D eigenvalue weighted by Crippen LogP contribution is 2.27. The molecule has 0 saturated carbocycles. The van der Waals surface area contributed by atoms with Crippen LogP contribution in [0.15, 0.2) is 49.1 Å². The van der Waals surface area contributed by atoms with Gasteiger partial charge in [-0.3, -0.25) is 14.5 Å². The van der Waals surface area contributed by atoms with E-state index < -0.39 is 0 Å². The number of likely N-dealkylation sites (tertiary alicyclic amines) is 1. The minimum atomic E-state index is 0.0573. The number of nitrogens with zero attached hydrogens (tertiary/aromatic N) is 6. The van der Waals surface area contributed by atoms with Crippen LogP contribution < -0.4 is 0 Å². The van der Waals surface area contributed by atoms with Gasteiger partial charge in [0.1, 0.15) is 11.5 Å². The molecule has 3 aromatic heterocycles. The van der Waals surface area contributed by atoms with Crippen molar-refractivity contribution in [2.45, 2.75) is 38.8 Å². The Bertz CT molecular complexity index is 900. The van der Waals surface area contributed by atoms with Crippen molar-refractivity contribution in [1.29, 1.82) is 0 Å². The van der Waals surface area contributed by atoms with Crippen LogP contribution in [0.3, 0.4) is 0 Å². The Hall–Kier alpha value is -2.96. The summed E-state index contributed by atoms with van der Waals surface area (Å²) in [4.78, 5) is 23.9. The van der Waals surface area contributed by atoms with E-state index >= 15 is 0 Å². The molecule has 1 unspecified atom stereocenters. The minimum Gasteiger partial charge on any atom is -0.337 e. The number of hydrogen-bond acceptors (Lipinski definition) is 4. The summed E-state index contributed by atoms with van der Waals surface area (Å²) in [5.74, 6) is 1.32. The van der Waals surface area contributed by atoms with Crippen LogP contribution in [0.1, 0.15) is 47.7 Å². The largest absolute Gasteiger partial charge is 0.337 e. The molecule has 4 rings (SSSR count). The standard InChI is InChI=1S/C20H24N6O/c1-2-26-18(8-10-23-26)20(27)25-12-5-6-16(14-25)19-22-11-13-24(19)15-17-7-3-4-9-21-17/h3-4,7-11,13,16H,2,5-6,12,14-15H2,1H3. The van der Waals surface area contributed by atoms with Gasteiger partial charge in [-0.25, -0.2) is 4.98 Å². The van der Waals surface area contributed by atoms with Crippen LogP contribution in [0.25, 0.3) is 0 Å². The summed E-state index contributed by atoms with van der Waals surface area (Å²) in [6.45, 7) is 4.86. The molecule has 7 heteroatoms. The molecule has 1 fully saturated rings. The number of carbonyl (C=O) groups excluding carboxylic acids is 1. The predicted molar refractivity (Wildman–Crippen MR) is 101 cm³/mol.